The van der Waals surface area contributed by atoms with Crippen LogP contribution in [0.25, 0.3) is 5.65 Å². The van der Waals surface area contributed by atoms with Gasteiger partial charge in [0, 0.05) is 6.07 Å². The number of fused-ring (bicyclic) bond motifs is 1. The molecule has 1 N–H and O–H groups in total. The van der Waals surface area contributed by atoms with Crippen molar-refractivity contribution >= 4 is 17.6 Å². The Morgan fingerprint density at radius 3 is 2.58 bits per heavy atom. The van der Waals surface area contributed by atoms with E-state index in [-0.39, 0.29) is 0 Å². The highest BCUT2D eigenvalue weighted by atomic mass is 16.6. The van der Waals surface area contributed by atoms with Gasteiger partial charge >= 0.3 is 6.09 Å². The van der Waals surface area contributed by atoms with Crippen LogP contribution in [-0.4, -0.2) is 26.3 Å². The first-order valence-corrected chi connectivity index (χ1v) is 8.31. The van der Waals surface area contributed by atoms with Gasteiger partial charge in [-0.3, -0.25) is 5.32 Å². The summed E-state index contributed by atoms with van der Waals surface area (Å²) in [7, 11) is 0. The molecule has 2 aromatic heterocycles. The van der Waals surface area contributed by atoms with Crippen LogP contribution in [0.1, 0.15) is 31.9 Å². The third kappa shape index (κ3) is 4.30. The Kier molecular flexibility index (Phi) is 4.54. The van der Waals surface area contributed by atoms with Gasteiger partial charge in [-0.2, -0.15) is 0 Å². The molecule has 1 amide bonds. The van der Waals surface area contributed by atoms with Crippen molar-refractivity contribution in [2.24, 2.45) is 0 Å². The second-order valence-corrected chi connectivity index (χ2v) is 7.08. The van der Waals surface area contributed by atoms with Gasteiger partial charge in [0.25, 0.3) is 0 Å². The molecule has 2 heterocycles. The smallest absolute Gasteiger partial charge is 0.413 e. The number of nitrogens with zero attached hydrogens (tertiary/aromatic N) is 3. The Bertz CT molecular complexity index is 957. The normalized spacial score (nSPS) is 11.4. The molecule has 0 atom stereocenters. The second kappa shape index (κ2) is 6.67. The average molecular weight is 354 g/mol. The fourth-order valence-electron chi connectivity index (χ4n) is 2.29. The zero-order chi connectivity index (χ0) is 18.9. The number of carbonyl (C=O) groups is 1. The number of hydrogen-bond donors (Lipinski definition) is 1. The van der Waals surface area contributed by atoms with Crippen molar-refractivity contribution in [3.63, 3.8) is 0 Å². The molecule has 0 bridgehead atoms. The number of anilines is 1. The van der Waals surface area contributed by atoms with Crippen molar-refractivity contribution in [1.29, 1.82) is 0 Å². The molecular formula is C19H22N4O3. The lowest BCUT2D eigenvalue weighted by molar-refractivity contribution is 0.0635. The van der Waals surface area contributed by atoms with E-state index in [0.29, 0.717) is 23.1 Å². The van der Waals surface area contributed by atoms with Crippen LogP contribution in [0, 0.1) is 13.8 Å². The molecule has 0 aliphatic rings. The average Bonchev–Trinajstić information content (AvgIpc) is 2.90. The minimum absolute atomic E-state index is 0.357. The highest BCUT2D eigenvalue weighted by Gasteiger charge is 2.17. The fraction of sp³-hybridized carbons (Fsp3) is 0.316. The van der Waals surface area contributed by atoms with E-state index in [4.69, 9.17) is 9.47 Å². The highest BCUT2D eigenvalue weighted by Crippen LogP contribution is 2.23. The van der Waals surface area contributed by atoms with E-state index in [1.807, 2.05) is 32.0 Å². The van der Waals surface area contributed by atoms with Gasteiger partial charge in [0.05, 0.1) is 6.20 Å². The number of rotatable bonds is 3. The fourth-order valence-corrected chi connectivity index (χ4v) is 2.29. The van der Waals surface area contributed by atoms with Crippen molar-refractivity contribution in [1.82, 2.24) is 14.6 Å². The van der Waals surface area contributed by atoms with Gasteiger partial charge in [-0.05, 0) is 63.9 Å². The van der Waals surface area contributed by atoms with Gasteiger partial charge in [-0.15, -0.1) is 5.10 Å². The highest BCUT2D eigenvalue weighted by molar-refractivity contribution is 5.84. The Morgan fingerprint density at radius 2 is 1.88 bits per heavy atom. The second-order valence-electron chi connectivity index (χ2n) is 7.08. The largest absolute Gasteiger partial charge is 0.444 e. The van der Waals surface area contributed by atoms with Crippen molar-refractivity contribution in [2.75, 3.05) is 5.32 Å². The van der Waals surface area contributed by atoms with Crippen LogP contribution >= 0.6 is 0 Å². The standard InChI is InChI=1S/C19H22N4O3/c1-12-6-7-14(10-13(12)2)25-17-9-8-16-20-15(11-23(16)22-17)21-18(24)26-19(3,4)5/h6-11H,1-5H3,(H,21,24). The third-order valence-electron chi connectivity index (χ3n) is 3.63. The lowest BCUT2D eigenvalue weighted by atomic mass is 10.1. The van der Waals surface area contributed by atoms with E-state index >= 15 is 0 Å². The van der Waals surface area contributed by atoms with Crippen molar-refractivity contribution < 1.29 is 14.3 Å². The Balaban J connectivity index is 1.76. The summed E-state index contributed by atoms with van der Waals surface area (Å²) in [6, 6.07) is 9.37. The maximum absolute atomic E-state index is 11.8. The lowest BCUT2D eigenvalue weighted by Crippen LogP contribution is -2.27. The number of hydrogen-bond acceptors (Lipinski definition) is 5. The predicted molar refractivity (Wildman–Crippen MR) is 98.8 cm³/mol. The number of aryl methyl sites for hydroxylation is 2. The molecule has 0 unspecified atom stereocenters. The minimum Gasteiger partial charge on any atom is -0.444 e. The number of amides is 1. The number of imidazole rings is 1. The first-order chi connectivity index (χ1) is 12.2. The number of ether oxygens (including phenoxy) is 2. The maximum Gasteiger partial charge on any atom is 0.413 e. The van der Waals surface area contributed by atoms with Gasteiger partial charge in [0.1, 0.15) is 11.4 Å². The molecule has 0 fully saturated rings. The van der Waals surface area contributed by atoms with E-state index in [0.717, 1.165) is 5.56 Å². The summed E-state index contributed by atoms with van der Waals surface area (Å²) >= 11 is 0. The number of benzene rings is 1. The van der Waals surface area contributed by atoms with Crippen LogP contribution < -0.4 is 10.1 Å². The first kappa shape index (κ1) is 17.7. The molecule has 7 nitrogen and oxygen atoms in total. The van der Waals surface area contributed by atoms with Crippen LogP contribution in [0.3, 0.4) is 0 Å². The molecule has 7 heteroatoms. The first-order valence-electron chi connectivity index (χ1n) is 8.31. The van der Waals surface area contributed by atoms with Gasteiger partial charge in [-0.1, -0.05) is 6.07 Å². The quantitative estimate of drug-likeness (QED) is 0.750. The molecule has 0 aliphatic carbocycles. The maximum atomic E-state index is 11.8. The topological polar surface area (TPSA) is 77.8 Å². The number of carbonyl (C=O) groups excluding carboxylic acids is 1. The molecule has 3 aromatic rings. The molecule has 3 rings (SSSR count). The summed E-state index contributed by atoms with van der Waals surface area (Å²) in [5, 5.41) is 6.96. The molecule has 0 saturated heterocycles. The zero-order valence-corrected chi connectivity index (χ0v) is 15.5. The summed E-state index contributed by atoms with van der Waals surface area (Å²) in [5.74, 6) is 1.50. The molecule has 0 saturated carbocycles. The van der Waals surface area contributed by atoms with Crippen LogP contribution in [0.5, 0.6) is 11.6 Å². The third-order valence-corrected chi connectivity index (χ3v) is 3.63. The minimum atomic E-state index is -0.575. The molecular weight excluding hydrogens is 332 g/mol. The molecule has 136 valence electrons. The Morgan fingerprint density at radius 1 is 1.12 bits per heavy atom. The van der Waals surface area contributed by atoms with Crippen LogP contribution in [0.4, 0.5) is 10.6 Å². The summed E-state index contributed by atoms with van der Waals surface area (Å²) in [4.78, 5) is 16.1. The van der Waals surface area contributed by atoms with Crippen molar-refractivity contribution in [3.8, 4) is 11.6 Å². The van der Waals surface area contributed by atoms with E-state index < -0.39 is 11.7 Å². The van der Waals surface area contributed by atoms with E-state index in [2.05, 4.69) is 15.4 Å². The summed E-state index contributed by atoms with van der Waals surface area (Å²) in [5.41, 5.74) is 2.36. The number of aromatic nitrogens is 3. The van der Waals surface area contributed by atoms with E-state index in [9.17, 15) is 4.79 Å². The van der Waals surface area contributed by atoms with Crippen LogP contribution in [-0.2, 0) is 4.74 Å². The zero-order valence-electron chi connectivity index (χ0n) is 15.5. The molecule has 26 heavy (non-hydrogen) atoms. The van der Waals surface area contributed by atoms with Crippen LogP contribution in [0.2, 0.25) is 0 Å². The lowest BCUT2D eigenvalue weighted by Gasteiger charge is -2.18. The molecule has 0 radical (unpaired) electrons. The monoisotopic (exact) mass is 354 g/mol. The van der Waals surface area contributed by atoms with Gasteiger partial charge in [0.15, 0.2) is 11.5 Å². The summed E-state index contributed by atoms with van der Waals surface area (Å²) in [6.07, 6.45) is 1.04. The molecule has 0 spiro atoms. The Labute approximate surface area is 152 Å². The van der Waals surface area contributed by atoms with Gasteiger partial charge in [0.2, 0.25) is 5.88 Å². The molecule has 0 aliphatic heterocycles. The SMILES string of the molecule is Cc1ccc(Oc2ccc3nc(NC(=O)OC(C)(C)C)cn3n2)cc1C. The van der Waals surface area contributed by atoms with Gasteiger partial charge < -0.3 is 9.47 Å². The molecule has 1 aromatic carbocycles. The Hall–Kier alpha value is -3.09. The van der Waals surface area contributed by atoms with Crippen molar-refractivity contribution in [3.05, 3.63) is 47.7 Å². The number of nitrogens with one attached hydrogen (secondary N) is 1. The summed E-state index contributed by atoms with van der Waals surface area (Å²) < 4.78 is 12.6. The van der Waals surface area contributed by atoms with E-state index in [1.54, 1.807) is 43.6 Å². The van der Waals surface area contributed by atoms with E-state index in [1.165, 1.54) is 5.56 Å². The summed E-state index contributed by atoms with van der Waals surface area (Å²) in [6.45, 7) is 9.48. The predicted octanol–water partition coefficient (Wildman–Crippen LogP) is 4.49. The van der Waals surface area contributed by atoms with Gasteiger partial charge in [-0.25, -0.2) is 14.3 Å². The van der Waals surface area contributed by atoms with Crippen LogP contribution in [0.15, 0.2) is 36.5 Å². The van der Waals surface area contributed by atoms with Crippen molar-refractivity contribution in [2.45, 2.75) is 40.2 Å².